The fourth-order valence-corrected chi connectivity index (χ4v) is 4.60. The monoisotopic (exact) mass is 396 g/mol. The number of anilines is 1. The quantitative estimate of drug-likeness (QED) is 0.852. The molecule has 0 aliphatic carbocycles. The molecule has 0 atom stereocenters. The highest BCUT2D eigenvalue weighted by molar-refractivity contribution is 7.89. The van der Waals surface area contributed by atoms with E-state index in [9.17, 15) is 17.6 Å². The molecule has 0 unspecified atom stereocenters. The van der Waals surface area contributed by atoms with Gasteiger partial charge in [0.2, 0.25) is 10.0 Å². The number of benzene rings is 2. The number of nitrogens with one attached hydrogen (secondary N) is 1. The van der Waals surface area contributed by atoms with Gasteiger partial charge >= 0.3 is 0 Å². The molecule has 1 aliphatic rings. The van der Waals surface area contributed by atoms with E-state index >= 15 is 0 Å². The van der Waals surface area contributed by atoms with Gasteiger partial charge in [0.15, 0.2) is 0 Å². The molecule has 2 aromatic rings. The molecule has 0 spiro atoms. The van der Waals surface area contributed by atoms with Crippen LogP contribution in [0.15, 0.2) is 47.4 Å². The van der Waals surface area contributed by atoms with Crippen molar-refractivity contribution in [3.05, 3.63) is 58.9 Å². The lowest BCUT2D eigenvalue weighted by Crippen LogP contribution is -2.35. The van der Waals surface area contributed by atoms with Crippen LogP contribution in [0.5, 0.6) is 0 Å². The largest absolute Gasteiger partial charge is 0.319 e. The topological polar surface area (TPSA) is 66.5 Å². The predicted octanol–water partition coefficient (Wildman–Crippen LogP) is 3.91. The first kappa shape index (κ1) is 18.8. The van der Waals surface area contributed by atoms with Crippen molar-refractivity contribution in [2.24, 2.45) is 0 Å². The lowest BCUT2D eigenvalue weighted by molar-refractivity contribution is 0.102. The van der Waals surface area contributed by atoms with E-state index in [1.54, 1.807) is 18.2 Å². The highest BCUT2D eigenvalue weighted by Gasteiger charge is 2.26. The molecular formula is C18H18ClFN2O3S. The van der Waals surface area contributed by atoms with Crippen LogP contribution in [-0.2, 0) is 10.0 Å². The van der Waals surface area contributed by atoms with Crippen LogP contribution in [0.4, 0.5) is 10.1 Å². The van der Waals surface area contributed by atoms with Crippen molar-refractivity contribution >= 4 is 33.2 Å². The van der Waals surface area contributed by atoms with Crippen molar-refractivity contribution in [1.82, 2.24) is 4.31 Å². The van der Waals surface area contributed by atoms with Gasteiger partial charge in [-0.15, -0.1) is 0 Å². The predicted molar refractivity (Wildman–Crippen MR) is 98.4 cm³/mol. The average Bonchev–Trinajstić information content (AvgIpc) is 2.64. The fraction of sp³-hybridized carbons (Fsp3) is 0.278. The molecule has 138 valence electrons. The molecule has 1 N–H and O–H groups in total. The van der Waals surface area contributed by atoms with Crippen LogP contribution in [0.25, 0.3) is 0 Å². The van der Waals surface area contributed by atoms with Crippen LogP contribution in [0.2, 0.25) is 5.02 Å². The number of nitrogens with zero attached hydrogens (tertiary/aromatic N) is 1. The SMILES string of the molecule is O=C(Nc1ccc(S(=O)(=O)N2CCCCC2)cc1F)c1ccccc1Cl. The molecule has 1 aliphatic heterocycles. The number of carbonyl (C=O) groups is 1. The summed E-state index contributed by atoms with van der Waals surface area (Å²) in [5, 5.41) is 2.66. The lowest BCUT2D eigenvalue weighted by atomic mass is 10.2. The molecule has 0 saturated carbocycles. The molecule has 0 aromatic heterocycles. The maximum absolute atomic E-state index is 14.4. The Kier molecular flexibility index (Phi) is 5.60. The van der Waals surface area contributed by atoms with E-state index in [1.807, 2.05) is 0 Å². The molecular weight excluding hydrogens is 379 g/mol. The number of sulfonamides is 1. The van der Waals surface area contributed by atoms with Crippen molar-refractivity contribution in [2.75, 3.05) is 18.4 Å². The van der Waals surface area contributed by atoms with Gasteiger partial charge in [0.25, 0.3) is 5.91 Å². The summed E-state index contributed by atoms with van der Waals surface area (Å²) in [7, 11) is -3.73. The van der Waals surface area contributed by atoms with Crippen molar-refractivity contribution < 1.29 is 17.6 Å². The van der Waals surface area contributed by atoms with Gasteiger partial charge in [0.05, 0.1) is 21.2 Å². The minimum absolute atomic E-state index is 0.104. The molecule has 1 amide bonds. The Morgan fingerprint density at radius 3 is 2.42 bits per heavy atom. The van der Waals surface area contributed by atoms with E-state index in [0.717, 1.165) is 25.3 Å². The third-order valence-electron chi connectivity index (χ3n) is 4.26. The van der Waals surface area contributed by atoms with Crippen LogP contribution in [0.3, 0.4) is 0 Å². The van der Waals surface area contributed by atoms with Gasteiger partial charge in [-0.2, -0.15) is 4.31 Å². The summed E-state index contributed by atoms with van der Waals surface area (Å²) in [6.45, 7) is 0.879. The van der Waals surface area contributed by atoms with E-state index < -0.39 is 21.7 Å². The molecule has 2 aromatic carbocycles. The third-order valence-corrected chi connectivity index (χ3v) is 6.48. The van der Waals surface area contributed by atoms with Crippen molar-refractivity contribution in [1.29, 1.82) is 0 Å². The van der Waals surface area contributed by atoms with Crippen LogP contribution < -0.4 is 5.32 Å². The van der Waals surface area contributed by atoms with Gasteiger partial charge in [-0.25, -0.2) is 12.8 Å². The summed E-state index contributed by atoms with van der Waals surface area (Å²) < 4.78 is 40.9. The first-order valence-corrected chi connectivity index (χ1v) is 10.1. The maximum atomic E-state index is 14.4. The minimum Gasteiger partial charge on any atom is -0.319 e. The van der Waals surface area contributed by atoms with Crippen LogP contribution in [0.1, 0.15) is 29.6 Å². The molecule has 8 heteroatoms. The number of halogens is 2. The summed E-state index contributed by atoms with van der Waals surface area (Å²) in [5.74, 6) is -1.38. The van der Waals surface area contributed by atoms with Gasteiger partial charge in [0, 0.05) is 13.1 Å². The molecule has 3 rings (SSSR count). The fourth-order valence-electron chi connectivity index (χ4n) is 2.85. The Morgan fingerprint density at radius 1 is 1.08 bits per heavy atom. The van der Waals surface area contributed by atoms with Crippen LogP contribution in [-0.4, -0.2) is 31.7 Å². The molecule has 1 saturated heterocycles. The number of hydrogen-bond acceptors (Lipinski definition) is 3. The minimum atomic E-state index is -3.73. The molecule has 0 radical (unpaired) electrons. The van der Waals surface area contributed by atoms with Crippen LogP contribution in [0, 0.1) is 5.82 Å². The second-order valence-corrected chi connectivity index (χ2v) is 8.39. The number of amides is 1. The Balaban J connectivity index is 1.81. The first-order chi connectivity index (χ1) is 12.4. The Hall–Kier alpha value is -1.96. The zero-order valence-electron chi connectivity index (χ0n) is 13.9. The molecule has 26 heavy (non-hydrogen) atoms. The van der Waals surface area contributed by atoms with Gasteiger partial charge in [-0.3, -0.25) is 4.79 Å². The summed E-state index contributed by atoms with van der Waals surface area (Å²) >= 11 is 5.96. The number of rotatable bonds is 4. The summed E-state index contributed by atoms with van der Waals surface area (Å²) in [5.41, 5.74) is 0.103. The summed E-state index contributed by atoms with van der Waals surface area (Å²) in [6, 6.07) is 9.89. The summed E-state index contributed by atoms with van der Waals surface area (Å²) in [4.78, 5) is 12.1. The average molecular weight is 397 g/mol. The summed E-state index contributed by atoms with van der Waals surface area (Å²) in [6.07, 6.45) is 2.59. The van der Waals surface area contributed by atoms with Crippen molar-refractivity contribution in [2.45, 2.75) is 24.2 Å². The number of piperidine rings is 1. The van der Waals surface area contributed by atoms with Gasteiger partial charge in [0.1, 0.15) is 5.82 Å². The van der Waals surface area contributed by atoms with Crippen molar-refractivity contribution in [3.8, 4) is 0 Å². The van der Waals surface area contributed by atoms with E-state index in [2.05, 4.69) is 5.32 Å². The van der Waals surface area contributed by atoms with E-state index in [0.29, 0.717) is 13.1 Å². The van der Waals surface area contributed by atoms with Crippen LogP contribution >= 0.6 is 11.6 Å². The highest BCUT2D eigenvalue weighted by atomic mass is 35.5. The lowest BCUT2D eigenvalue weighted by Gasteiger charge is -2.26. The molecule has 1 fully saturated rings. The highest BCUT2D eigenvalue weighted by Crippen LogP contribution is 2.25. The van der Waals surface area contributed by atoms with Crippen molar-refractivity contribution in [3.63, 3.8) is 0 Å². The van der Waals surface area contributed by atoms with E-state index in [-0.39, 0.29) is 21.2 Å². The zero-order chi connectivity index (χ0) is 18.7. The zero-order valence-corrected chi connectivity index (χ0v) is 15.5. The normalized spacial score (nSPS) is 15.6. The molecule has 0 bridgehead atoms. The standard InChI is InChI=1S/C18H18ClFN2O3S/c19-15-7-3-2-6-14(15)18(23)21-17-9-8-13(12-16(17)20)26(24,25)22-10-4-1-5-11-22/h2-3,6-9,12H,1,4-5,10-11H2,(H,21,23). The third kappa shape index (κ3) is 3.90. The van der Waals surface area contributed by atoms with Gasteiger partial charge in [-0.1, -0.05) is 30.2 Å². The Bertz CT molecular complexity index is 928. The smallest absolute Gasteiger partial charge is 0.257 e. The second-order valence-electron chi connectivity index (χ2n) is 6.04. The molecule has 1 heterocycles. The van der Waals surface area contributed by atoms with E-state index in [1.165, 1.54) is 22.5 Å². The van der Waals surface area contributed by atoms with Gasteiger partial charge < -0.3 is 5.32 Å². The van der Waals surface area contributed by atoms with E-state index in [4.69, 9.17) is 11.6 Å². The first-order valence-electron chi connectivity index (χ1n) is 8.25. The number of hydrogen-bond donors (Lipinski definition) is 1. The second kappa shape index (κ2) is 7.73. The maximum Gasteiger partial charge on any atom is 0.257 e. The Labute approximate surface area is 156 Å². The van der Waals surface area contributed by atoms with Gasteiger partial charge in [-0.05, 0) is 43.2 Å². The Morgan fingerprint density at radius 2 is 1.77 bits per heavy atom. The molecule has 5 nitrogen and oxygen atoms in total. The number of carbonyl (C=O) groups excluding carboxylic acids is 1.